The number of carbonyl (C=O) groups is 3. The normalized spacial score (nSPS) is 45.2. The Kier molecular flexibility index (Phi) is 3.00. The Morgan fingerprint density at radius 3 is 2.32 bits per heavy atom. The average Bonchev–Trinajstić information content (AvgIpc) is 3.22. The first kappa shape index (κ1) is 17.0. The smallest absolute Gasteiger partial charge is 0.233 e. The van der Waals surface area contributed by atoms with Crippen molar-refractivity contribution in [2.24, 2.45) is 22.7 Å². The van der Waals surface area contributed by atoms with Crippen LogP contribution in [0, 0.1) is 22.7 Å². The van der Waals surface area contributed by atoms with E-state index in [1.807, 2.05) is 6.92 Å². The van der Waals surface area contributed by atoms with E-state index in [4.69, 9.17) is 4.74 Å². The SMILES string of the molecule is CC(C)C1=C(O)C(=O)[C@@]23O[C@@]2(C(=O)CC2C(C)(C)CCC[C@@]23C)C1=O. The fourth-order valence-electron chi connectivity index (χ4n) is 6.27. The summed E-state index contributed by atoms with van der Waals surface area (Å²) in [6.07, 6.45) is 2.87. The molecule has 1 aliphatic heterocycles. The fraction of sp³-hybridized carbons (Fsp3) is 0.750. The topological polar surface area (TPSA) is 84.0 Å². The van der Waals surface area contributed by atoms with Crippen LogP contribution in [0.25, 0.3) is 0 Å². The van der Waals surface area contributed by atoms with Crippen LogP contribution in [0.5, 0.6) is 0 Å². The summed E-state index contributed by atoms with van der Waals surface area (Å²) in [7, 11) is 0. The lowest BCUT2D eigenvalue weighted by Crippen LogP contribution is -2.66. The highest BCUT2D eigenvalue weighted by molar-refractivity contribution is 6.33. The Morgan fingerprint density at radius 1 is 1.08 bits per heavy atom. The molecule has 136 valence electrons. The van der Waals surface area contributed by atoms with Crippen LogP contribution in [-0.4, -0.2) is 33.7 Å². The number of fused-ring (bicyclic) bond motifs is 1. The van der Waals surface area contributed by atoms with Gasteiger partial charge < -0.3 is 9.84 Å². The number of carbonyl (C=O) groups excluding carboxylic acids is 3. The van der Waals surface area contributed by atoms with Gasteiger partial charge in [-0.15, -0.1) is 0 Å². The number of ether oxygens (including phenoxy) is 1. The van der Waals surface area contributed by atoms with Crippen molar-refractivity contribution < 1.29 is 24.2 Å². The number of aliphatic hydroxyl groups is 1. The van der Waals surface area contributed by atoms with Crippen LogP contribution < -0.4 is 0 Å². The highest BCUT2D eigenvalue weighted by Gasteiger charge is 2.92. The Bertz CT molecular complexity index is 760. The van der Waals surface area contributed by atoms with E-state index < -0.39 is 33.9 Å². The highest BCUT2D eigenvalue weighted by Crippen LogP contribution is 2.74. The fourth-order valence-corrected chi connectivity index (χ4v) is 6.27. The van der Waals surface area contributed by atoms with E-state index in [1.165, 1.54) is 0 Å². The van der Waals surface area contributed by atoms with E-state index in [0.29, 0.717) is 0 Å². The third-order valence-electron chi connectivity index (χ3n) is 7.51. The predicted molar refractivity (Wildman–Crippen MR) is 89.9 cm³/mol. The van der Waals surface area contributed by atoms with Gasteiger partial charge in [-0.2, -0.15) is 0 Å². The zero-order valence-corrected chi connectivity index (χ0v) is 15.6. The lowest BCUT2D eigenvalue weighted by atomic mass is 9.44. The molecule has 25 heavy (non-hydrogen) atoms. The molecule has 1 saturated heterocycles. The first-order chi connectivity index (χ1) is 11.5. The van der Waals surface area contributed by atoms with Gasteiger partial charge in [0.2, 0.25) is 17.2 Å². The van der Waals surface area contributed by atoms with Crippen molar-refractivity contribution in [3.63, 3.8) is 0 Å². The van der Waals surface area contributed by atoms with E-state index in [2.05, 4.69) is 13.8 Å². The molecule has 0 spiro atoms. The van der Waals surface area contributed by atoms with E-state index >= 15 is 0 Å². The van der Waals surface area contributed by atoms with Gasteiger partial charge in [-0.05, 0) is 30.1 Å². The first-order valence-electron chi connectivity index (χ1n) is 9.23. The lowest BCUT2D eigenvalue weighted by molar-refractivity contribution is -0.150. The van der Waals surface area contributed by atoms with Gasteiger partial charge in [0.05, 0.1) is 0 Å². The van der Waals surface area contributed by atoms with Gasteiger partial charge in [-0.25, -0.2) is 0 Å². The van der Waals surface area contributed by atoms with E-state index in [1.54, 1.807) is 13.8 Å². The molecular formula is C20H26O5. The molecule has 0 bridgehead atoms. The lowest BCUT2D eigenvalue weighted by Gasteiger charge is -2.56. The summed E-state index contributed by atoms with van der Waals surface area (Å²) in [6.45, 7) is 9.71. The van der Waals surface area contributed by atoms with Crippen LogP contribution in [0.3, 0.4) is 0 Å². The van der Waals surface area contributed by atoms with Gasteiger partial charge >= 0.3 is 0 Å². The van der Waals surface area contributed by atoms with Crippen LogP contribution >= 0.6 is 0 Å². The van der Waals surface area contributed by atoms with E-state index in [0.717, 1.165) is 19.3 Å². The third-order valence-corrected chi connectivity index (χ3v) is 7.51. The molecule has 2 saturated carbocycles. The Labute approximate surface area is 147 Å². The summed E-state index contributed by atoms with van der Waals surface area (Å²) in [5, 5.41) is 10.5. The van der Waals surface area contributed by atoms with Gasteiger partial charge in [0.15, 0.2) is 17.1 Å². The second kappa shape index (κ2) is 4.43. The molecule has 4 atom stereocenters. The van der Waals surface area contributed by atoms with Crippen LogP contribution in [0.2, 0.25) is 0 Å². The van der Waals surface area contributed by atoms with Crippen molar-refractivity contribution in [2.75, 3.05) is 0 Å². The molecule has 0 aromatic carbocycles. The molecule has 3 aliphatic carbocycles. The third kappa shape index (κ3) is 1.54. The summed E-state index contributed by atoms with van der Waals surface area (Å²) in [6, 6.07) is 0. The standard InChI is InChI=1S/C20H26O5/c1-10(2)13-14(22)16(24)20-18(5)8-6-7-17(3,4)11(18)9-12(21)19(20,25-20)15(13)23/h10-11,22H,6-9H2,1-5H3/t11?,18-,19-,20-/m0/s1. The minimum Gasteiger partial charge on any atom is -0.504 e. The van der Waals surface area contributed by atoms with Gasteiger partial charge in [-0.1, -0.05) is 41.0 Å². The molecule has 0 aromatic heterocycles. The molecule has 4 aliphatic rings. The molecule has 0 aromatic rings. The number of Topliss-reactive ketones (excluding diaryl/α,β-unsaturated/α-hetero) is 3. The van der Waals surface area contributed by atoms with Gasteiger partial charge in [0, 0.05) is 17.4 Å². The van der Waals surface area contributed by atoms with E-state index in [-0.39, 0.29) is 35.0 Å². The maximum Gasteiger partial charge on any atom is 0.233 e. The quantitative estimate of drug-likeness (QED) is 0.583. The summed E-state index contributed by atoms with van der Waals surface area (Å²) in [5.41, 5.74) is -3.88. The Morgan fingerprint density at radius 2 is 1.72 bits per heavy atom. The second-order valence-electron chi connectivity index (χ2n) is 9.48. The van der Waals surface area contributed by atoms with Crippen molar-refractivity contribution in [1.82, 2.24) is 0 Å². The Hall–Kier alpha value is -1.49. The van der Waals surface area contributed by atoms with Gasteiger partial charge in [-0.3, -0.25) is 14.4 Å². The average molecular weight is 346 g/mol. The molecule has 5 heteroatoms. The van der Waals surface area contributed by atoms with Crippen LogP contribution in [-0.2, 0) is 19.1 Å². The first-order valence-corrected chi connectivity index (χ1v) is 9.23. The van der Waals surface area contributed by atoms with E-state index in [9.17, 15) is 19.5 Å². The number of rotatable bonds is 1. The number of aliphatic hydroxyl groups excluding tert-OH is 1. The van der Waals surface area contributed by atoms with Crippen LogP contribution in [0.1, 0.15) is 60.3 Å². The monoisotopic (exact) mass is 346 g/mol. The molecule has 5 nitrogen and oxygen atoms in total. The Balaban J connectivity index is 1.96. The van der Waals surface area contributed by atoms with Crippen LogP contribution in [0.15, 0.2) is 11.3 Å². The number of ketones is 3. The largest absolute Gasteiger partial charge is 0.504 e. The van der Waals surface area contributed by atoms with Crippen molar-refractivity contribution in [1.29, 1.82) is 0 Å². The summed E-state index contributed by atoms with van der Waals surface area (Å²) in [4.78, 5) is 39.5. The maximum atomic E-state index is 13.3. The predicted octanol–water partition coefficient (Wildman–Crippen LogP) is 2.92. The number of epoxide rings is 1. The summed E-state index contributed by atoms with van der Waals surface area (Å²) in [5.74, 6) is -2.21. The van der Waals surface area contributed by atoms with Gasteiger partial charge in [0.1, 0.15) is 0 Å². The summed E-state index contributed by atoms with van der Waals surface area (Å²) >= 11 is 0. The molecule has 1 N–H and O–H groups in total. The number of hydrogen-bond acceptors (Lipinski definition) is 5. The maximum absolute atomic E-state index is 13.3. The van der Waals surface area contributed by atoms with Crippen molar-refractivity contribution in [2.45, 2.75) is 71.5 Å². The second-order valence-corrected chi connectivity index (χ2v) is 9.48. The molecule has 4 rings (SSSR count). The van der Waals surface area contributed by atoms with Crippen molar-refractivity contribution in [3.8, 4) is 0 Å². The van der Waals surface area contributed by atoms with Crippen molar-refractivity contribution in [3.05, 3.63) is 11.3 Å². The summed E-state index contributed by atoms with van der Waals surface area (Å²) < 4.78 is 5.92. The highest BCUT2D eigenvalue weighted by atomic mass is 16.6. The van der Waals surface area contributed by atoms with Gasteiger partial charge in [0.25, 0.3) is 0 Å². The number of hydrogen-bond donors (Lipinski definition) is 1. The zero-order valence-electron chi connectivity index (χ0n) is 15.6. The minimum absolute atomic E-state index is 0.0398. The minimum atomic E-state index is -1.69. The zero-order chi connectivity index (χ0) is 18.6. The molecule has 0 amide bonds. The molecule has 1 unspecified atom stereocenters. The molecule has 3 fully saturated rings. The van der Waals surface area contributed by atoms with Crippen molar-refractivity contribution >= 4 is 17.3 Å². The molecule has 0 radical (unpaired) electrons. The molecular weight excluding hydrogens is 320 g/mol. The molecule has 1 heterocycles. The van der Waals surface area contributed by atoms with Crippen LogP contribution in [0.4, 0.5) is 0 Å².